The van der Waals surface area contributed by atoms with E-state index in [9.17, 15) is 35.9 Å². The first-order valence-electron chi connectivity index (χ1n) is 6.48. The number of carbonyl (C=O) groups excluding carboxylic acids is 2. The highest BCUT2D eigenvalue weighted by atomic mass is 19.4. The summed E-state index contributed by atoms with van der Waals surface area (Å²) in [4.78, 5) is 22.6. The molecule has 0 spiro atoms. The normalized spacial score (nSPS) is 13.3. The lowest BCUT2D eigenvalue weighted by Gasteiger charge is -2.18. The van der Waals surface area contributed by atoms with E-state index in [4.69, 9.17) is 0 Å². The van der Waals surface area contributed by atoms with E-state index in [1.807, 2.05) is 0 Å². The van der Waals surface area contributed by atoms with Gasteiger partial charge in [0.1, 0.15) is 6.04 Å². The molecule has 1 atom stereocenters. The van der Waals surface area contributed by atoms with E-state index in [0.29, 0.717) is 12.1 Å². The number of alkyl halides is 6. The quantitative estimate of drug-likeness (QED) is 0.666. The largest absolute Gasteiger partial charge is 0.467 e. The van der Waals surface area contributed by atoms with Crippen LogP contribution in [0, 0.1) is 0 Å². The Labute approximate surface area is 132 Å². The van der Waals surface area contributed by atoms with Crippen LogP contribution in [0.15, 0.2) is 18.2 Å². The van der Waals surface area contributed by atoms with Crippen molar-refractivity contribution in [3.63, 3.8) is 0 Å². The molecule has 24 heavy (non-hydrogen) atoms. The summed E-state index contributed by atoms with van der Waals surface area (Å²) in [5.74, 6) is -1.68. The van der Waals surface area contributed by atoms with Crippen molar-refractivity contribution in [1.82, 2.24) is 5.32 Å². The van der Waals surface area contributed by atoms with Crippen LogP contribution in [-0.2, 0) is 33.1 Å². The highest BCUT2D eigenvalue weighted by molar-refractivity contribution is 5.83. The summed E-state index contributed by atoms with van der Waals surface area (Å²) in [5, 5.41) is 2.12. The Morgan fingerprint density at radius 1 is 1.04 bits per heavy atom. The molecule has 0 radical (unpaired) electrons. The maximum absolute atomic E-state index is 12.8. The third-order valence-electron chi connectivity index (χ3n) is 2.95. The minimum absolute atomic E-state index is 0.0188. The summed E-state index contributed by atoms with van der Waals surface area (Å²) in [7, 11) is 0.977. The van der Waals surface area contributed by atoms with Gasteiger partial charge in [-0.15, -0.1) is 0 Å². The molecule has 0 aliphatic carbocycles. The number of benzene rings is 1. The number of amides is 1. The number of carbonyl (C=O) groups is 2. The van der Waals surface area contributed by atoms with Crippen LogP contribution in [0.25, 0.3) is 0 Å². The summed E-state index contributed by atoms with van der Waals surface area (Å²) in [6.45, 7) is 1.04. The molecule has 134 valence electrons. The van der Waals surface area contributed by atoms with Gasteiger partial charge in [0.15, 0.2) is 0 Å². The maximum atomic E-state index is 12.8. The Morgan fingerprint density at radius 2 is 1.50 bits per heavy atom. The third kappa shape index (κ3) is 5.43. The number of hydrogen-bond donors (Lipinski definition) is 1. The van der Waals surface area contributed by atoms with E-state index in [0.717, 1.165) is 14.0 Å². The van der Waals surface area contributed by atoms with Crippen LogP contribution >= 0.6 is 0 Å². The zero-order chi connectivity index (χ0) is 18.7. The van der Waals surface area contributed by atoms with Gasteiger partial charge in [0.2, 0.25) is 5.91 Å². The number of rotatable bonds is 4. The number of nitrogens with one attached hydrogen (secondary N) is 1. The van der Waals surface area contributed by atoms with Crippen LogP contribution in [0.3, 0.4) is 0 Å². The molecule has 0 bridgehead atoms. The molecule has 0 saturated heterocycles. The van der Waals surface area contributed by atoms with E-state index in [1.165, 1.54) is 0 Å². The monoisotopic (exact) mass is 357 g/mol. The lowest BCUT2D eigenvalue weighted by Crippen LogP contribution is -2.42. The highest BCUT2D eigenvalue weighted by Gasteiger charge is 2.37. The van der Waals surface area contributed by atoms with E-state index in [-0.39, 0.29) is 6.07 Å². The van der Waals surface area contributed by atoms with Gasteiger partial charge in [-0.25, -0.2) is 4.79 Å². The number of hydrogen-bond acceptors (Lipinski definition) is 3. The molecule has 0 saturated carbocycles. The van der Waals surface area contributed by atoms with Gasteiger partial charge in [-0.2, -0.15) is 26.3 Å². The molecule has 0 heterocycles. The molecular weight excluding hydrogens is 344 g/mol. The van der Waals surface area contributed by atoms with Crippen molar-refractivity contribution < 1.29 is 40.7 Å². The summed E-state index contributed by atoms with van der Waals surface area (Å²) < 4.78 is 81.1. The molecule has 1 rings (SSSR count). The second-order valence-corrected chi connectivity index (χ2v) is 4.89. The highest BCUT2D eigenvalue weighted by Crippen LogP contribution is 2.36. The molecule has 1 N–H and O–H groups in total. The fraction of sp³-hybridized carbons (Fsp3) is 0.429. The molecule has 1 aromatic carbocycles. The van der Waals surface area contributed by atoms with Crippen molar-refractivity contribution >= 4 is 11.9 Å². The third-order valence-corrected chi connectivity index (χ3v) is 2.95. The van der Waals surface area contributed by atoms with Crippen LogP contribution in [0.5, 0.6) is 0 Å². The minimum atomic E-state index is -5.00. The molecular formula is C14H13F6NO3. The average Bonchev–Trinajstić information content (AvgIpc) is 2.43. The molecule has 0 aromatic heterocycles. The Kier molecular flexibility index (Phi) is 5.85. The number of halogens is 6. The van der Waals surface area contributed by atoms with Crippen LogP contribution in [0.4, 0.5) is 26.3 Å². The molecule has 0 aliphatic heterocycles. The first-order valence-corrected chi connectivity index (χ1v) is 6.48. The van der Waals surface area contributed by atoms with Crippen molar-refractivity contribution in [2.45, 2.75) is 31.7 Å². The van der Waals surface area contributed by atoms with Gasteiger partial charge < -0.3 is 10.1 Å². The Balaban J connectivity index is 3.30. The smallest absolute Gasteiger partial charge is 0.416 e. The lowest BCUT2D eigenvalue weighted by molar-refractivity contribution is -0.144. The van der Waals surface area contributed by atoms with Gasteiger partial charge in [0, 0.05) is 13.3 Å². The van der Waals surface area contributed by atoms with Crippen LogP contribution < -0.4 is 5.32 Å². The van der Waals surface area contributed by atoms with Crippen LogP contribution in [-0.4, -0.2) is 25.0 Å². The van der Waals surface area contributed by atoms with Gasteiger partial charge >= 0.3 is 18.3 Å². The van der Waals surface area contributed by atoms with E-state index in [1.54, 1.807) is 0 Å². The number of methoxy groups -OCH3 is 1. The van der Waals surface area contributed by atoms with Gasteiger partial charge in [0.05, 0.1) is 18.2 Å². The molecule has 10 heteroatoms. The summed E-state index contributed by atoms with van der Waals surface area (Å²) in [6.07, 6.45) is -10.6. The van der Waals surface area contributed by atoms with Gasteiger partial charge in [-0.3, -0.25) is 4.79 Å². The Morgan fingerprint density at radius 3 is 1.83 bits per heavy atom. The Hall–Kier alpha value is -2.26. The molecule has 1 aromatic rings. The van der Waals surface area contributed by atoms with Gasteiger partial charge in [-0.1, -0.05) is 0 Å². The zero-order valence-electron chi connectivity index (χ0n) is 12.5. The molecule has 0 unspecified atom stereocenters. The fourth-order valence-electron chi connectivity index (χ4n) is 1.95. The standard InChI is InChI=1S/C14H13F6NO3/c1-7(22)21-11(12(23)24-2)5-8-3-9(13(15,16)17)6-10(4-8)14(18,19)20/h3-4,6,11H,5H2,1-2H3,(H,21,22)/t11-/m0/s1. The van der Waals surface area contributed by atoms with Crippen molar-refractivity contribution in [3.8, 4) is 0 Å². The summed E-state index contributed by atoms with van der Waals surface area (Å²) >= 11 is 0. The van der Waals surface area contributed by atoms with Gasteiger partial charge in [0.25, 0.3) is 0 Å². The van der Waals surface area contributed by atoms with Crippen molar-refractivity contribution in [3.05, 3.63) is 34.9 Å². The molecule has 0 fully saturated rings. The fourth-order valence-corrected chi connectivity index (χ4v) is 1.95. The lowest BCUT2D eigenvalue weighted by atomic mass is 9.99. The van der Waals surface area contributed by atoms with E-state index >= 15 is 0 Å². The van der Waals surface area contributed by atoms with Crippen molar-refractivity contribution in [2.24, 2.45) is 0 Å². The van der Waals surface area contributed by atoms with E-state index < -0.39 is 53.4 Å². The first kappa shape index (κ1) is 19.8. The Bertz CT molecular complexity index is 592. The molecule has 1 amide bonds. The van der Waals surface area contributed by atoms with Crippen LogP contribution in [0.2, 0.25) is 0 Å². The predicted octanol–water partition coefficient (Wildman–Crippen LogP) is 2.94. The first-order chi connectivity index (χ1) is 10.8. The second-order valence-electron chi connectivity index (χ2n) is 4.89. The molecule has 0 aliphatic rings. The maximum Gasteiger partial charge on any atom is 0.416 e. The number of esters is 1. The summed E-state index contributed by atoms with van der Waals surface area (Å²) in [6, 6.07) is -0.438. The second kappa shape index (κ2) is 7.10. The predicted molar refractivity (Wildman–Crippen MR) is 69.8 cm³/mol. The number of ether oxygens (including phenoxy) is 1. The van der Waals surface area contributed by atoms with Crippen molar-refractivity contribution in [2.75, 3.05) is 7.11 Å². The van der Waals surface area contributed by atoms with E-state index in [2.05, 4.69) is 10.1 Å². The van der Waals surface area contributed by atoms with Crippen LogP contribution in [0.1, 0.15) is 23.6 Å². The topological polar surface area (TPSA) is 55.4 Å². The summed E-state index contributed by atoms with van der Waals surface area (Å²) in [5.41, 5.74) is -3.42. The zero-order valence-corrected chi connectivity index (χ0v) is 12.5. The minimum Gasteiger partial charge on any atom is -0.467 e. The average molecular weight is 357 g/mol. The van der Waals surface area contributed by atoms with Gasteiger partial charge in [-0.05, 0) is 23.8 Å². The SMILES string of the molecule is COC(=O)[C@H](Cc1cc(C(F)(F)F)cc(C(F)(F)F)c1)NC(C)=O. The van der Waals surface area contributed by atoms with Crippen molar-refractivity contribution in [1.29, 1.82) is 0 Å². The molecule has 4 nitrogen and oxygen atoms in total.